The number of carboxylic acid groups (broad SMARTS) is 1. The van der Waals surface area contributed by atoms with Gasteiger partial charge in [-0.25, -0.2) is 0 Å². The molecule has 0 aliphatic heterocycles. The predicted molar refractivity (Wildman–Crippen MR) is 127 cm³/mol. The van der Waals surface area contributed by atoms with E-state index in [1.54, 1.807) is 17.4 Å². The molecule has 0 aliphatic carbocycles. The molecule has 1 heterocycles. The Morgan fingerprint density at radius 2 is 1.55 bits per heavy atom. The van der Waals surface area contributed by atoms with E-state index in [1.165, 1.54) is 9.75 Å². The molecule has 5 heteroatoms. The molecule has 0 saturated heterocycles. The lowest BCUT2D eigenvalue weighted by Crippen LogP contribution is -2.19. The van der Waals surface area contributed by atoms with Crippen LogP contribution in [0, 0.1) is 0 Å². The van der Waals surface area contributed by atoms with E-state index < -0.39 is 18.2 Å². The molecule has 0 unspecified atom stereocenters. The Labute approximate surface area is 187 Å². The normalized spacial score (nSPS) is 13.6. The SMILES string of the molecule is CC(C)c1sc(-c2ccccc2)c(-c2ccccc2)c1/C=C/[C@@H](O)C[C@@H](O)CC(=O)O. The molecule has 2 atom stereocenters. The van der Waals surface area contributed by atoms with Crippen LogP contribution in [0.25, 0.3) is 27.6 Å². The van der Waals surface area contributed by atoms with Crippen molar-refractivity contribution in [2.45, 2.75) is 44.8 Å². The summed E-state index contributed by atoms with van der Waals surface area (Å²) in [7, 11) is 0. The number of hydrogen-bond donors (Lipinski definition) is 3. The van der Waals surface area contributed by atoms with E-state index in [1.807, 2.05) is 42.5 Å². The van der Waals surface area contributed by atoms with E-state index in [9.17, 15) is 15.0 Å². The van der Waals surface area contributed by atoms with Crippen LogP contribution < -0.4 is 0 Å². The molecule has 0 spiro atoms. The quantitative estimate of drug-likeness (QED) is 0.396. The third kappa shape index (κ3) is 5.91. The minimum atomic E-state index is -1.09. The Morgan fingerprint density at radius 1 is 0.968 bits per heavy atom. The summed E-state index contributed by atoms with van der Waals surface area (Å²) in [4.78, 5) is 13.2. The summed E-state index contributed by atoms with van der Waals surface area (Å²) in [6.45, 7) is 4.31. The lowest BCUT2D eigenvalue weighted by Gasteiger charge is -2.12. The zero-order chi connectivity index (χ0) is 22.4. The summed E-state index contributed by atoms with van der Waals surface area (Å²) in [6, 6.07) is 20.5. The highest BCUT2D eigenvalue weighted by Crippen LogP contribution is 2.46. The summed E-state index contributed by atoms with van der Waals surface area (Å²) in [6.07, 6.45) is 1.15. The first-order valence-electron chi connectivity index (χ1n) is 10.4. The molecule has 1 aromatic heterocycles. The van der Waals surface area contributed by atoms with Crippen LogP contribution in [0.1, 0.15) is 43.0 Å². The van der Waals surface area contributed by atoms with Gasteiger partial charge in [-0.3, -0.25) is 4.79 Å². The average Bonchev–Trinajstić information content (AvgIpc) is 3.12. The lowest BCUT2D eigenvalue weighted by molar-refractivity contribution is -0.139. The van der Waals surface area contributed by atoms with Crippen molar-refractivity contribution in [3.05, 3.63) is 77.2 Å². The van der Waals surface area contributed by atoms with Crippen LogP contribution in [0.15, 0.2) is 66.7 Å². The summed E-state index contributed by atoms with van der Waals surface area (Å²) in [5, 5.41) is 29.0. The Kier molecular flexibility index (Phi) is 7.80. The van der Waals surface area contributed by atoms with Gasteiger partial charge in [0.05, 0.1) is 18.6 Å². The van der Waals surface area contributed by atoms with Gasteiger partial charge in [-0.15, -0.1) is 11.3 Å². The Hall–Kier alpha value is -2.73. The van der Waals surface area contributed by atoms with Crippen LogP contribution >= 0.6 is 11.3 Å². The first-order valence-corrected chi connectivity index (χ1v) is 11.2. The van der Waals surface area contributed by atoms with Crippen molar-refractivity contribution in [2.75, 3.05) is 0 Å². The van der Waals surface area contributed by atoms with Crippen LogP contribution in [-0.2, 0) is 4.79 Å². The zero-order valence-electron chi connectivity index (χ0n) is 17.7. The third-order valence-corrected chi connectivity index (χ3v) is 6.56. The monoisotopic (exact) mass is 436 g/mol. The maximum absolute atomic E-state index is 10.8. The fourth-order valence-electron chi connectivity index (χ4n) is 3.59. The molecule has 2 aromatic carbocycles. The third-order valence-electron chi connectivity index (χ3n) is 5.01. The van der Waals surface area contributed by atoms with Gasteiger partial charge in [0.25, 0.3) is 0 Å². The molecule has 0 saturated carbocycles. The highest BCUT2D eigenvalue weighted by atomic mass is 32.1. The molecule has 162 valence electrons. The van der Waals surface area contributed by atoms with E-state index in [0.717, 1.165) is 22.3 Å². The number of aliphatic hydroxyl groups excluding tert-OH is 2. The Balaban J connectivity index is 2.06. The van der Waals surface area contributed by atoms with E-state index >= 15 is 0 Å². The Bertz CT molecular complexity index is 1020. The van der Waals surface area contributed by atoms with Crippen LogP contribution in [0.4, 0.5) is 0 Å². The van der Waals surface area contributed by atoms with Crippen LogP contribution in [-0.4, -0.2) is 33.5 Å². The Morgan fingerprint density at radius 3 is 2.10 bits per heavy atom. The van der Waals surface area contributed by atoms with Crippen molar-refractivity contribution < 1.29 is 20.1 Å². The summed E-state index contributed by atoms with van der Waals surface area (Å²) in [5.41, 5.74) is 4.42. The summed E-state index contributed by atoms with van der Waals surface area (Å²) < 4.78 is 0. The number of hydrogen-bond acceptors (Lipinski definition) is 4. The molecule has 3 N–H and O–H groups in total. The van der Waals surface area contributed by atoms with Crippen molar-refractivity contribution in [1.82, 2.24) is 0 Å². The van der Waals surface area contributed by atoms with Crippen LogP contribution in [0.2, 0.25) is 0 Å². The summed E-state index contributed by atoms with van der Waals surface area (Å²) >= 11 is 1.76. The second kappa shape index (κ2) is 10.5. The number of rotatable bonds is 9. The molecular weight excluding hydrogens is 408 g/mol. The van der Waals surface area contributed by atoms with E-state index in [2.05, 4.69) is 38.1 Å². The molecule has 4 nitrogen and oxygen atoms in total. The number of thiophene rings is 1. The number of carboxylic acids is 1. The van der Waals surface area contributed by atoms with Gasteiger partial charge < -0.3 is 15.3 Å². The van der Waals surface area contributed by atoms with Gasteiger partial charge in [0.1, 0.15) is 0 Å². The van der Waals surface area contributed by atoms with Crippen molar-refractivity contribution in [2.24, 2.45) is 0 Å². The standard InChI is InChI=1S/C26H28O4S/c1-17(2)25-22(14-13-20(27)15-21(28)16-23(29)30)24(18-9-5-3-6-10-18)26(31-25)19-11-7-4-8-12-19/h3-14,17,20-21,27-28H,15-16H2,1-2H3,(H,29,30)/b14-13+/t20-,21-/m1/s1. The number of aliphatic hydroxyl groups is 2. The fraction of sp³-hybridized carbons (Fsp3) is 0.269. The highest BCUT2D eigenvalue weighted by Gasteiger charge is 2.21. The van der Waals surface area contributed by atoms with Gasteiger partial charge in [-0.05, 0) is 22.6 Å². The number of carbonyl (C=O) groups is 1. The smallest absolute Gasteiger partial charge is 0.305 e. The largest absolute Gasteiger partial charge is 0.481 e. The maximum atomic E-state index is 10.8. The van der Waals surface area contributed by atoms with Gasteiger partial charge in [0.15, 0.2) is 0 Å². The van der Waals surface area contributed by atoms with Crippen molar-refractivity contribution in [3.8, 4) is 21.6 Å². The number of aliphatic carboxylic acids is 1. The first-order chi connectivity index (χ1) is 14.9. The molecule has 0 radical (unpaired) electrons. The molecule has 0 fully saturated rings. The lowest BCUT2D eigenvalue weighted by atomic mass is 9.94. The second-order valence-corrected chi connectivity index (χ2v) is 8.94. The summed E-state index contributed by atoms with van der Waals surface area (Å²) in [5.74, 6) is -0.790. The second-order valence-electron chi connectivity index (χ2n) is 7.88. The van der Waals surface area contributed by atoms with Crippen molar-refractivity contribution >= 4 is 23.4 Å². The number of benzene rings is 2. The first kappa shape index (κ1) is 22.9. The minimum Gasteiger partial charge on any atom is -0.481 e. The maximum Gasteiger partial charge on any atom is 0.305 e. The van der Waals surface area contributed by atoms with Crippen LogP contribution in [0.3, 0.4) is 0 Å². The molecule has 3 aromatic rings. The average molecular weight is 437 g/mol. The van der Waals surface area contributed by atoms with Crippen LogP contribution in [0.5, 0.6) is 0 Å². The van der Waals surface area contributed by atoms with Crippen molar-refractivity contribution in [1.29, 1.82) is 0 Å². The molecule has 3 rings (SSSR count). The molecule has 31 heavy (non-hydrogen) atoms. The van der Waals surface area contributed by atoms with E-state index in [0.29, 0.717) is 5.92 Å². The topological polar surface area (TPSA) is 77.8 Å². The van der Waals surface area contributed by atoms with Crippen molar-refractivity contribution in [3.63, 3.8) is 0 Å². The van der Waals surface area contributed by atoms with Gasteiger partial charge in [0, 0.05) is 21.7 Å². The molecule has 0 aliphatic rings. The highest BCUT2D eigenvalue weighted by molar-refractivity contribution is 7.16. The van der Waals surface area contributed by atoms with E-state index in [4.69, 9.17) is 5.11 Å². The van der Waals surface area contributed by atoms with Gasteiger partial charge in [0.2, 0.25) is 0 Å². The van der Waals surface area contributed by atoms with Gasteiger partial charge in [-0.2, -0.15) is 0 Å². The van der Waals surface area contributed by atoms with Gasteiger partial charge in [-0.1, -0.05) is 86.7 Å². The van der Waals surface area contributed by atoms with Gasteiger partial charge >= 0.3 is 5.97 Å². The zero-order valence-corrected chi connectivity index (χ0v) is 18.5. The molecule has 0 bridgehead atoms. The molecular formula is C26H28O4S. The predicted octanol–water partition coefficient (Wildman–Crippen LogP) is 5.81. The minimum absolute atomic E-state index is 0.0177. The molecule has 0 amide bonds. The van der Waals surface area contributed by atoms with E-state index in [-0.39, 0.29) is 12.8 Å². The fourth-order valence-corrected chi connectivity index (χ4v) is 4.91.